The van der Waals surface area contributed by atoms with Crippen molar-refractivity contribution in [3.8, 4) is 0 Å². The van der Waals surface area contributed by atoms with Gasteiger partial charge in [0.25, 0.3) is 0 Å². The average molecular weight is 213 g/mol. The van der Waals surface area contributed by atoms with E-state index in [0.717, 1.165) is 17.9 Å². The van der Waals surface area contributed by atoms with Crippen LogP contribution >= 0.6 is 11.8 Å². The standard InChI is InChI=1S/C12H23NS/c1-10(12-4-2-3-5-12)13-8-11-6-7-14-9-11/h10-13H,2-9H2,1H3/t10-,11?/m0/s1. The van der Waals surface area contributed by atoms with Crippen LogP contribution in [0.2, 0.25) is 0 Å². The minimum absolute atomic E-state index is 0.767. The highest BCUT2D eigenvalue weighted by molar-refractivity contribution is 7.99. The second-order valence-electron chi connectivity index (χ2n) is 4.97. The van der Waals surface area contributed by atoms with Gasteiger partial charge in [0, 0.05) is 6.04 Å². The van der Waals surface area contributed by atoms with Crippen molar-refractivity contribution in [2.75, 3.05) is 18.1 Å². The lowest BCUT2D eigenvalue weighted by molar-refractivity contribution is 0.360. The van der Waals surface area contributed by atoms with E-state index in [1.807, 2.05) is 0 Å². The summed E-state index contributed by atoms with van der Waals surface area (Å²) in [7, 11) is 0. The molecular formula is C12H23NS. The molecule has 0 aromatic heterocycles. The molecule has 0 bridgehead atoms. The maximum atomic E-state index is 3.75. The molecule has 0 aromatic carbocycles. The molecule has 2 atom stereocenters. The highest BCUT2D eigenvalue weighted by Crippen LogP contribution is 2.28. The van der Waals surface area contributed by atoms with Crippen molar-refractivity contribution in [2.24, 2.45) is 11.8 Å². The third-order valence-corrected chi connectivity index (χ3v) is 5.09. The first-order valence-electron chi connectivity index (χ1n) is 6.17. The van der Waals surface area contributed by atoms with Crippen LogP contribution in [0.5, 0.6) is 0 Å². The summed E-state index contributed by atoms with van der Waals surface area (Å²) in [5.41, 5.74) is 0. The smallest absolute Gasteiger partial charge is 0.00671 e. The Hall–Kier alpha value is 0.310. The van der Waals surface area contributed by atoms with Crippen LogP contribution in [-0.2, 0) is 0 Å². The summed E-state index contributed by atoms with van der Waals surface area (Å²) in [6, 6.07) is 0.767. The van der Waals surface area contributed by atoms with Gasteiger partial charge in [0.2, 0.25) is 0 Å². The van der Waals surface area contributed by atoms with Gasteiger partial charge in [0.05, 0.1) is 0 Å². The van der Waals surface area contributed by atoms with Crippen LogP contribution in [0, 0.1) is 11.8 Å². The highest BCUT2D eigenvalue weighted by atomic mass is 32.2. The normalized spacial score (nSPS) is 31.1. The lowest BCUT2D eigenvalue weighted by atomic mass is 9.99. The second-order valence-corrected chi connectivity index (χ2v) is 6.12. The molecule has 2 heteroatoms. The van der Waals surface area contributed by atoms with Crippen LogP contribution in [0.4, 0.5) is 0 Å². The first-order chi connectivity index (χ1) is 6.86. The maximum Gasteiger partial charge on any atom is 0.00671 e. The Kier molecular flexibility index (Phi) is 4.18. The molecule has 0 spiro atoms. The highest BCUT2D eigenvalue weighted by Gasteiger charge is 2.22. The fourth-order valence-electron chi connectivity index (χ4n) is 2.72. The van der Waals surface area contributed by atoms with Crippen LogP contribution in [0.1, 0.15) is 39.0 Å². The lowest BCUT2D eigenvalue weighted by Crippen LogP contribution is -2.35. The summed E-state index contributed by atoms with van der Waals surface area (Å²) in [5, 5.41) is 3.75. The van der Waals surface area contributed by atoms with E-state index in [2.05, 4.69) is 24.0 Å². The Balaban J connectivity index is 1.63. The largest absolute Gasteiger partial charge is 0.314 e. The minimum atomic E-state index is 0.767. The third-order valence-electron chi connectivity index (χ3n) is 3.86. The van der Waals surface area contributed by atoms with E-state index < -0.39 is 0 Å². The molecule has 82 valence electrons. The molecule has 1 N–H and O–H groups in total. The summed E-state index contributed by atoms with van der Waals surface area (Å²) in [4.78, 5) is 0. The van der Waals surface area contributed by atoms with E-state index >= 15 is 0 Å². The quantitative estimate of drug-likeness (QED) is 0.770. The van der Waals surface area contributed by atoms with Gasteiger partial charge in [0.15, 0.2) is 0 Å². The molecule has 1 saturated carbocycles. The Morgan fingerprint density at radius 3 is 2.71 bits per heavy atom. The van der Waals surface area contributed by atoms with E-state index in [1.165, 1.54) is 50.2 Å². The van der Waals surface area contributed by atoms with Crippen LogP contribution in [0.25, 0.3) is 0 Å². The molecule has 1 unspecified atom stereocenters. The molecule has 0 amide bonds. The van der Waals surface area contributed by atoms with E-state index in [0.29, 0.717) is 0 Å². The Morgan fingerprint density at radius 2 is 2.07 bits per heavy atom. The molecular weight excluding hydrogens is 190 g/mol. The Bertz CT molecular complexity index is 160. The van der Waals surface area contributed by atoms with Gasteiger partial charge in [-0.25, -0.2) is 0 Å². The van der Waals surface area contributed by atoms with E-state index in [1.54, 1.807) is 0 Å². The van der Waals surface area contributed by atoms with E-state index in [9.17, 15) is 0 Å². The van der Waals surface area contributed by atoms with Crippen LogP contribution in [-0.4, -0.2) is 24.1 Å². The lowest BCUT2D eigenvalue weighted by Gasteiger charge is -2.22. The van der Waals surface area contributed by atoms with Crippen molar-refractivity contribution in [1.82, 2.24) is 5.32 Å². The van der Waals surface area contributed by atoms with Crippen molar-refractivity contribution in [3.05, 3.63) is 0 Å². The van der Waals surface area contributed by atoms with Crippen LogP contribution < -0.4 is 5.32 Å². The fraction of sp³-hybridized carbons (Fsp3) is 1.00. The minimum Gasteiger partial charge on any atom is -0.314 e. The molecule has 1 aliphatic heterocycles. The predicted molar refractivity (Wildman–Crippen MR) is 64.9 cm³/mol. The van der Waals surface area contributed by atoms with Crippen molar-refractivity contribution < 1.29 is 0 Å². The average Bonchev–Trinajstić information content (AvgIpc) is 2.87. The predicted octanol–water partition coefficient (Wildman–Crippen LogP) is 2.91. The summed E-state index contributed by atoms with van der Waals surface area (Å²) < 4.78 is 0. The molecule has 1 aliphatic carbocycles. The fourth-order valence-corrected chi connectivity index (χ4v) is 4.01. The molecule has 0 aromatic rings. The molecule has 2 fully saturated rings. The topological polar surface area (TPSA) is 12.0 Å². The van der Waals surface area contributed by atoms with Gasteiger partial charge in [-0.15, -0.1) is 0 Å². The van der Waals surface area contributed by atoms with Gasteiger partial charge in [0.1, 0.15) is 0 Å². The van der Waals surface area contributed by atoms with Crippen LogP contribution in [0.3, 0.4) is 0 Å². The monoisotopic (exact) mass is 213 g/mol. The Morgan fingerprint density at radius 1 is 1.29 bits per heavy atom. The molecule has 1 saturated heterocycles. The van der Waals surface area contributed by atoms with Gasteiger partial charge in [-0.2, -0.15) is 11.8 Å². The maximum absolute atomic E-state index is 3.75. The zero-order chi connectivity index (χ0) is 9.80. The van der Waals surface area contributed by atoms with Gasteiger partial charge >= 0.3 is 0 Å². The first kappa shape index (κ1) is 10.8. The van der Waals surface area contributed by atoms with Crippen molar-refractivity contribution in [2.45, 2.75) is 45.1 Å². The summed E-state index contributed by atoms with van der Waals surface area (Å²) in [6.07, 6.45) is 7.31. The first-order valence-corrected chi connectivity index (χ1v) is 7.33. The van der Waals surface area contributed by atoms with Gasteiger partial charge in [-0.3, -0.25) is 0 Å². The van der Waals surface area contributed by atoms with E-state index in [-0.39, 0.29) is 0 Å². The molecule has 2 aliphatic rings. The van der Waals surface area contributed by atoms with Crippen molar-refractivity contribution in [3.63, 3.8) is 0 Å². The molecule has 1 nitrogen and oxygen atoms in total. The number of hydrogen-bond donors (Lipinski definition) is 1. The zero-order valence-electron chi connectivity index (χ0n) is 9.30. The zero-order valence-corrected chi connectivity index (χ0v) is 10.1. The van der Waals surface area contributed by atoms with E-state index in [4.69, 9.17) is 0 Å². The molecule has 14 heavy (non-hydrogen) atoms. The van der Waals surface area contributed by atoms with Gasteiger partial charge < -0.3 is 5.32 Å². The van der Waals surface area contributed by atoms with Crippen molar-refractivity contribution in [1.29, 1.82) is 0 Å². The second kappa shape index (κ2) is 5.41. The summed E-state index contributed by atoms with van der Waals surface area (Å²) >= 11 is 2.13. The number of hydrogen-bond acceptors (Lipinski definition) is 2. The van der Waals surface area contributed by atoms with Crippen molar-refractivity contribution >= 4 is 11.8 Å². The van der Waals surface area contributed by atoms with Gasteiger partial charge in [-0.05, 0) is 56.1 Å². The SMILES string of the molecule is C[C@H](NCC1CCSC1)C1CCCC1. The molecule has 1 heterocycles. The number of thioether (sulfide) groups is 1. The third kappa shape index (κ3) is 2.90. The van der Waals surface area contributed by atoms with Gasteiger partial charge in [-0.1, -0.05) is 12.8 Å². The Labute approximate surface area is 92.4 Å². The molecule has 2 rings (SSSR count). The number of rotatable bonds is 4. The summed E-state index contributed by atoms with van der Waals surface area (Å²) in [5.74, 6) is 4.72. The van der Waals surface area contributed by atoms with Crippen LogP contribution in [0.15, 0.2) is 0 Å². The molecule has 0 radical (unpaired) electrons. The number of nitrogens with one attached hydrogen (secondary N) is 1. The summed E-state index contributed by atoms with van der Waals surface area (Å²) in [6.45, 7) is 3.66.